The van der Waals surface area contributed by atoms with Crippen LogP contribution < -0.4 is 10.6 Å². The lowest BCUT2D eigenvalue weighted by molar-refractivity contribution is -0.141. The highest BCUT2D eigenvalue weighted by atomic mass is 35.5. The minimum atomic E-state index is -1.47. The van der Waals surface area contributed by atoms with Gasteiger partial charge in [-0.05, 0) is 25.1 Å². The van der Waals surface area contributed by atoms with Crippen molar-refractivity contribution in [3.8, 4) is 0 Å². The van der Waals surface area contributed by atoms with Gasteiger partial charge in [-0.25, -0.2) is 14.0 Å². The fourth-order valence-electron chi connectivity index (χ4n) is 1.32. The van der Waals surface area contributed by atoms with Crippen LogP contribution in [0.3, 0.4) is 0 Å². The van der Waals surface area contributed by atoms with Crippen LogP contribution in [0.2, 0.25) is 5.02 Å². The Kier molecular flexibility index (Phi) is 5.08. The zero-order valence-electron chi connectivity index (χ0n) is 9.85. The monoisotopic (exact) mass is 290 g/mol. The molecule has 1 rings (SSSR count). The first-order valence-corrected chi connectivity index (χ1v) is 5.62. The molecule has 6 nitrogen and oxygen atoms in total. The molecule has 0 saturated carbocycles. The number of aliphatic hydroxyl groups is 1. The number of carbonyl (C=O) groups excluding carboxylic acids is 1. The van der Waals surface area contributed by atoms with E-state index in [1.165, 1.54) is 13.0 Å². The zero-order valence-corrected chi connectivity index (χ0v) is 10.6. The van der Waals surface area contributed by atoms with E-state index >= 15 is 0 Å². The predicted octanol–water partition coefficient (Wildman–Crippen LogP) is 1.43. The average molecular weight is 291 g/mol. The van der Waals surface area contributed by atoms with Crippen molar-refractivity contribution >= 4 is 29.3 Å². The number of aliphatic hydroxyl groups excluding tert-OH is 1. The summed E-state index contributed by atoms with van der Waals surface area (Å²) in [4.78, 5) is 22.2. The average Bonchev–Trinajstić information content (AvgIpc) is 2.23. The van der Waals surface area contributed by atoms with Gasteiger partial charge in [0, 0.05) is 10.7 Å². The number of aliphatic carboxylic acids is 1. The van der Waals surface area contributed by atoms with Gasteiger partial charge in [-0.15, -0.1) is 0 Å². The van der Waals surface area contributed by atoms with Gasteiger partial charge in [0.15, 0.2) is 6.04 Å². The van der Waals surface area contributed by atoms with Crippen molar-refractivity contribution < 1.29 is 24.2 Å². The zero-order chi connectivity index (χ0) is 14.6. The van der Waals surface area contributed by atoms with Crippen LogP contribution >= 0.6 is 11.6 Å². The Morgan fingerprint density at radius 3 is 2.47 bits per heavy atom. The van der Waals surface area contributed by atoms with Crippen molar-refractivity contribution in [3.63, 3.8) is 0 Å². The fraction of sp³-hybridized carbons (Fsp3) is 0.273. The molecule has 0 spiro atoms. The summed E-state index contributed by atoms with van der Waals surface area (Å²) in [5.41, 5.74) is 0.0669. The molecule has 1 aromatic rings. The molecule has 0 aliphatic carbocycles. The standard InChI is InChI=1S/C11H12ClFN2O4/c1-5(16)9(10(17)18)15-11(19)14-8-3-6(12)2-7(13)4-8/h2-5,9,16H,1H3,(H,17,18)(H2,14,15,19). The Morgan fingerprint density at radius 2 is 2.00 bits per heavy atom. The van der Waals surface area contributed by atoms with Crippen LogP contribution in [0.25, 0.3) is 0 Å². The van der Waals surface area contributed by atoms with Gasteiger partial charge in [0.05, 0.1) is 6.10 Å². The van der Waals surface area contributed by atoms with E-state index in [-0.39, 0.29) is 10.7 Å². The molecule has 2 atom stereocenters. The van der Waals surface area contributed by atoms with Crippen molar-refractivity contribution in [2.24, 2.45) is 0 Å². The molecule has 104 valence electrons. The third kappa shape index (κ3) is 4.72. The molecule has 0 saturated heterocycles. The predicted molar refractivity (Wildman–Crippen MR) is 66.7 cm³/mol. The summed E-state index contributed by atoms with van der Waals surface area (Å²) in [6.07, 6.45) is -1.28. The van der Waals surface area contributed by atoms with Gasteiger partial charge in [0.2, 0.25) is 0 Å². The maximum Gasteiger partial charge on any atom is 0.328 e. The Bertz CT molecular complexity index is 475. The highest BCUT2D eigenvalue weighted by Crippen LogP contribution is 2.17. The molecular formula is C11H12ClFN2O4. The van der Waals surface area contributed by atoms with Gasteiger partial charge in [-0.2, -0.15) is 0 Å². The van der Waals surface area contributed by atoms with Gasteiger partial charge in [-0.3, -0.25) is 0 Å². The lowest BCUT2D eigenvalue weighted by Gasteiger charge is -2.17. The largest absolute Gasteiger partial charge is 0.480 e. The quantitative estimate of drug-likeness (QED) is 0.674. The van der Waals surface area contributed by atoms with E-state index in [4.69, 9.17) is 16.7 Å². The Morgan fingerprint density at radius 1 is 1.37 bits per heavy atom. The van der Waals surface area contributed by atoms with E-state index in [1.54, 1.807) is 0 Å². The van der Waals surface area contributed by atoms with Gasteiger partial charge >= 0.3 is 12.0 Å². The third-order valence-electron chi connectivity index (χ3n) is 2.16. The summed E-state index contributed by atoms with van der Waals surface area (Å²) in [7, 11) is 0. The molecule has 1 aromatic carbocycles. The van der Waals surface area contributed by atoms with E-state index < -0.39 is 30.0 Å². The number of rotatable bonds is 4. The molecular weight excluding hydrogens is 279 g/mol. The van der Waals surface area contributed by atoms with E-state index in [9.17, 15) is 19.1 Å². The Hall–Kier alpha value is -1.86. The molecule has 0 heterocycles. The van der Waals surface area contributed by atoms with Gasteiger partial charge in [0.1, 0.15) is 5.82 Å². The van der Waals surface area contributed by atoms with E-state index in [0.29, 0.717) is 0 Å². The normalized spacial score (nSPS) is 13.5. The molecule has 0 bridgehead atoms. The molecule has 4 N–H and O–H groups in total. The van der Waals surface area contributed by atoms with Crippen LogP contribution in [0.4, 0.5) is 14.9 Å². The molecule has 0 radical (unpaired) electrons. The summed E-state index contributed by atoms with van der Waals surface area (Å²) < 4.78 is 13.0. The third-order valence-corrected chi connectivity index (χ3v) is 2.37. The molecule has 0 fully saturated rings. The van der Waals surface area contributed by atoms with Crippen LogP contribution in [0.5, 0.6) is 0 Å². The van der Waals surface area contributed by atoms with Crippen molar-refractivity contribution in [2.75, 3.05) is 5.32 Å². The summed E-state index contributed by atoms with van der Waals surface area (Å²) >= 11 is 5.59. The number of urea groups is 1. The highest BCUT2D eigenvalue weighted by molar-refractivity contribution is 6.30. The maximum atomic E-state index is 13.0. The number of amides is 2. The van der Waals surface area contributed by atoms with Crippen molar-refractivity contribution in [1.29, 1.82) is 0 Å². The van der Waals surface area contributed by atoms with E-state index in [0.717, 1.165) is 12.1 Å². The molecule has 8 heteroatoms. The number of nitrogens with one attached hydrogen (secondary N) is 2. The molecule has 0 aromatic heterocycles. The highest BCUT2D eigenvalue weighted by Gasteiger charge is 2.24. The minimum Gasteiger partial charge on any atom is -0.480 e. The first kappa shape index (κ1) is 15.2. The Labute approximate surface area is 113 Å². The smallest absolute Gasteiger partial charge is 0.328 e. The first-order valence-electron chi connectivity index (χ1n) is 5.24. The molecule has 2 unspecified atom stereocenters. The number of carbonyl (C=O) groups is 2. The van der Waals surface area contributed by atoms with Gasteiger partial charge < -0.3 is 20.8 Å². The van der Waals surface area contributed by atoms with Crippen LogP contribution in [-0.2, 0) is 4.79 Å². The number of carboxylic acid groups (broad SMARTS) is 1. The van der Waals surface area contributed by atoms with Crippen molar-refractivity contribution in [3.05, 3.63) is 29.0 Å². The number of benzene rings is 1. The number of carboxylic acids is 1. The first-order chi connectivity index (χ1) is 8.79. The topological polar surface area (TPSA) is 98.7 Å². The maximum absolute atomic E-state index is 13.0. The number of anilines is 1. The number of hydrogen-bond donors (Lipinski definition) is 4. The van der Waals surface area contributed by atoms with Crippen LogP contribution in [0, 0.1) is 5.82 Å². The second kappa shape index (κ2) is 6.35. The fourth-order valence-corrected chi connectivity index (χ4v) is 1.54. The second-order valence-electron chi connectivity index (χ2n) is 3.81. The molecule has 0 aliphatic heterocycles. The molecule has 0 aliphatic rings. The number of halogens is 2. The van der Waals surface area contributed by atoms with E-state index in [1.807, 2.05) is 5.32 Å². The summed E-state index contributed by atoms with van der Waals surface area (Å²) in [5, 5.41) is 22.3. The van der Waals surface area contributed by atoms with Gasteiger partial charge in [-0.1, -0.05) is 11.6 Å². The second-order valence-corrected chi connectivity index (χ2v) is 4.25. The lowest BCUT2D eigenvalue weighted by Crippen LogP contribution is -2.49. The lowest BCUT2D eigenvalue weighted by atomic mass is 10.2. The minimum absolute atomic E-state index is 0.0669. The van der Waals surface area contributed by atoms with Gasteiger partial charge in [0.25, 0.3) is 0 Å². The van der Waals surface area contributed by atoms with Crippen LogP contribution in [-0.4, -0.2) is 34.4 Å². The van der Waals surface area contributed by atoms with Crippen LogP contribution in [0.15, 0.2) is 18.2 Å². The molecule has 2 amide bonds. The number of hydrogen-bond acceptors (Lipinski definition) is 3. The van der Waals surface area contributed by atoms with Crippen LogP contribution in [0.1, 0.15) is 6.92 Å². The van der Waals surface area contributed by atoms with Crippen molar-refractivity contribution in [1.82, 2.24) is 5.32 Å². The van der Waals surface area contributed by atoms with E-state index in [2.05, 4.69) is 5.32 Å². The summed E-state index contributed by atoms with van der Waals surface area (Å²) in [6.45, 7) is 1.22. The summed E-state index contributed by atoms with van der Waals surface area (Å²) in [6, 6.07) is 1.01. The Balaban J connectivity index is 2.71. The molecule has 19 heavy (non-hydrogen) atoms. The van der Waals surface area contributed by atoms with Crippen molar-refractivity contribution in [2.45, 2.75) is 19.1 Å². The summed E-state index contributed by atoms with van der Waals surface area (Å²) in [5.74, 6) is -2.03. The SMILES string of the molecule is CC(O)C(NC(=O)Nc1cc(F)cc(Cl)c1)C(=O)O.